The van der Waals surface area contributed by atoms with Crippen molar-refractivity contribution in [3.05, 3.63) is 35.4 Å². The van der Waals surface area contributed by atoms with Gasteiger partial charge in [0.25, 0.3) is 0 Å². The molecule has 47 heavy (non-hydrogen) atoms. The van der Waals surface area contributed by atoms with Crippen LogP contribution in [0.1, 0.15) is 159 Å². The molecule has 0 heterocycles. The Kier molecular flexibility index (Phi) is 14.1. The molecule has 4 aliphatic rings. The Morgan fingerprint density at radius 3 is 1.81 bits per heavy atom. The SMILES string of the molecule is CCCCCC1CCC(c2ccc(C3CCC(C4CCC(CC(COC(=O)C(C)CO)COC(=O)[C@H]5CC5C)CC4)CC3)cc2)CC1. The molecule has 5 heteroatoms. The lowest BCUT2D eigenvalue weighted by Gasteiger charge is -2.38. The summed E-state index contributed by atoms with van der Waals surface area (Å²) in [6, 6.07) is 9.89. The summed E-state index contributed by atoms with van der Waals surface area (Å²) >= 11 is 0. The van der Waals surface area contributed by atoms with Gasteiger partial charge in [-0.3, -0.25) is 9.59 Å². The number of hydrogen-bond donors (Lipinski definition) is 1. The second-order valence-electron chi connectivity index (χ2n) is 16.5. The molecule has 0 radical (unpaired) electrons. The van der Waals surface area contributed by atoms with Gasteiger partial charge in [-0.25, -0.2) is 0 Å². The van der Waals surface area contributed by atoms with Crippen LogP contribution in [0.2, 0.25) is 0 Å². The third kappa shape index (κ3) is 10.8. The van der Waals surface area contributed by atoms with E-state index in [2.05, 4.69) is 38.1 Å². The molecule has 4 aliphatic carbocycles. The van der Waals surface area contributed by atoms with E-state index in [-0.39, 0.29) is 37.0 Å². The molecule has 0 spiro atoms. The molecule has 1 aromatic rings. The minimum atomic E-state index is -0.523. The smallest absolute Gasteiger partial charge is 0.310 e. The van der Waals surface area contributed by atoms with Gasteiger partial charge >= 0.3 is 11.9 Å². The number of ether oxygens (including phenoxy) is 2. The Labute approximate surface area is 286 Å². The van der Waals surface area contributed by atoms with Gasteiger partial charge in [0.15, 0.2) is 0 Å². The highest BCUT2D eigenvalue weighted by molar-refractivity contribution is 5.75. The number of carbonyl (C=O) groups excluding carboxylic acids is 2. The molecule has 4 fully saturated rings. The molecule has 264 valence electrons. The molecule has 4 atom stereocenters. The van der Waals surface area contributed by atoms with Gasteiger partial charge in [-0.05, 0) is 137 Å². The molecule has 4 saturated carbocycles. The van der Waals surface area contributed by atoms with Crippen molar-refractivity contribution >= 4 is 11.9 Å². The second kappa shape index (κ2) is 18.2. The van der Waals surface area contributed by atoms with Crippen LogP contribution in [0.15, 0.2) is 24.3 Å². The normalized spacial score (nSPS) is 32.3. The van der Waals surface area contributed by atoms with Gasteiger partial charge in [0.1, 0.15) is 0 Å². The number of esters is 2. The molecule has 0 saturated heterocycles. The van der Waals surface area contributed by atoms with Gasteiger partial charge in [-0.1, -0.05) is 76.6 Å². The molecule has 0 bridgehead atoms. The minimum Gasteiger partial charge on any atom is -0.465 e. The van der Waals surface area contributed by atoms with Crippen molar-refractivity contribution in [1.82, 2.24) is 0 Å². The van der Waals surface area contributed by atoms with Crippen LogP contribution in [0.4, 0.5) is 0 Å². The number of hydrogen-bond acceptors (Lipinski definition) is 5. The molecule has 5 rings (SSSR count). The summed E-state index contributed by atoms with van der Waals surface area (Å²) in [6.07, 6.45) is 23.5. The van der Waals surface area contributed by atoms with E-state index in [1.54, 1.807) is 18.1 Å². The molecule has 0 amide bonds. The number of rotatable bonds is 16. The first-order valence-electron chi connectivity index (χ1n) is 19.9. The zero-order valence-corrected chi connectivity index (χ0v) is 30.0. The average molecular weight is 651 g/mol. The van der Waals surface area contributed by atoms with Gasteiger partial charge in [0.05, 0.1) is 31.7 Å². The molecule has 1 N–H and O–H groups in total. The molecular formula is C42H66O5. The number of unbranched alkanes of at least 4 members (excludes halogenated alkanes) is 2. The van der Waals surface area contributed by atoms with Gasteiger partial charge in [-0.15, -0.1) is 0 Å². The predicted molar refractivity (Wildman–Crippen MR) is 189 cm³/mol. The molecule has 0 aliphatic heterocycles. The monoisotopic (exact) mass is 650 g/mol. The van der Waals surface area contributed by atoms with Crippen LogP contribution in [0, 0.1) is 47.3 Å². The Morgan fingerprint density at radius 1 is 0.766 bits per heavy atom. The van der Waals surface area contributed by atoms with Crippen LogP contribution in [0.3, 0.4) is 0 Å². The minimum absolute atomic E-state index is 0.0248. The summed E-state index contributed by atoms with van der Waals surface area (Å²) in [4.78, 5) is 24.6. The zero-order valence-electron chi connectivity index (χ0n) is 30.0. The lowest BCUT2D eigenvalue weighted by Crippen LogP contribution is -2.29. The Bertz CT molecular complexity index is 1050. The first-order valence-corrected chi connectivity index (χ1v) is 19.9. The van der Waals surface area contributed by atoms with Crippen LogP contribution in [-0.2, 0) is 19.1 Å². The fourth-order valence-electron chi connectivity index (χ4n) is 9.36. The largest absolute Gasteiger partial charge is 0.465 e. The van der Waals surface area contributed by atoms with Crippen LogP contribution in [-0.4, -0.2) is 36.9 Å². The summed E-state index contributed by atoms with van der Waals surface area (Å²) < 4.78 is 11.3. The fraction of sp³-hybridized carbons (Fsp3) is 0.810. The van der Waals surface area contributed by atoms with Crippen molar-refractivity contribution < 1.29 is 24.2 Å². The lowest BCUT2D eigenvalue weighted by molar-refractivity contribution is -0.153. The van der Waals surface area contributed by atoms with Crippen molar-refractivity contribution in [2.45, 2.75) is 148 Å². The number of aliphatic hydroxyl groups is 1. The van der Waals surface area contributed by atoms with E-state index in [9.17, 15) is 14.7 Å². The van der Waals surface area contributed by atoms with E-state index in [0.29, 0.717) is 18.4 Å². The van der Waals surface area contributed by atoms with Gasteiger partial charge in [0, 0.05) is 5.92 Å². The first-order chi connectivity index (χ1) is 22.8. The number of aliphatic hydroxyl groups excluding tert-OH is 1. The van der Waals surface area contributed by atoms with E-state index in [1.165, 1.54) is 103 Å². The van der Waals surface area contributed by atoms with Crippen molar-refractivity contribution in [2.24, 2.45) is 47.3 Å². The summed E-state index contributed by atoms with van der Waals surface area (Å²) in [7, 11) is 0. The topological polar surface area (TPSA) is 72.8 Å². The van der Waals surface area contributed by atoms with Crippen molar-refractivity contribution in [3.8, 4) is 0 Å². The first kappa shape index (κ1) is 36.4. The standard InChI is InChI=1S/C42H66O5/c1-4-5-6-7-31-8-12-34(13-9-31)36-16-20-38(21-17-36)39-22-18-37(19-23-39)35-14-10-32(11-15-35)25-33(27-46-41(44)30(3)26-43)28-47-42(45)40-24-29(40)2/h16-17,20-21,29-35,37,39-40,43H,4-15,18-19,22-28H2,1-3H3/t29?,30?,31?,32?,33?,34?,35?,37?,39?,40-/m0/s1. The van der Waals surface area contributed by atoms with Crippen LogP contribution >= 0.6 is 0 Å². The van der Waals surface area contributed by atoms with Crippen LogP contribution in [0.25, 0.3) is 0 Å². The van der Waals surface area contributed by atoms with E-state index in [1.807, 2.05) is 0 Å². The van der Waals surface area contributed by atoms with Gasteiger partial charge in [0.2, 0.25) is 0 Å². The summed E-state index contributed by atoms with van der Waals surface area (Å²) in [5.41, 5.74) is 3.16. The van der Waals surface area contributed by atoms with Crippen LogP contribution < -0.4 is 0 Å². The molecule has 1 aromatic carbocycles. The quantitative estimate of drug-likeness (QED) is 0.142. The Hall–Kier alpha value is -1.88. The van der Waals surface area contributed by atoms with E-state index < -0.39 is 5.92 Å². The third-order valence-electron chi connectivity index (χ3n) is 12.9. The van der Waals surface area contributed by atoms with Gasteiger partial charge in [-0.2, -0.15) is 0 Å². The number of carbonyl (C=O) groups is 2. The molecule has 3 unspecified atom stereocenters. The van der Waals surface area contributed by atoms with Gasteiger partial charge < -0.3 is 14.6 Å². The highest BCUT2D eigenvalue weighted by atomic mass is 16.5. The fourth-order valence-corrected chi connectivity index (χ4v) is 9.36. The highest BCUT2D eigenvalue weighted by Crippen LogP contribution is 2.45. The summed E-state index contributed by atoms with van der Waals surface area (Å²) in [5, 5.41) is 9.32. The van der Waals surface area contributed by atoms with E-state index >= 15 is 0 Å². The Balaban J connectivity index is 1.02. The van der Waals surface area contributed by atoms with Crippen molar-refractivity contribution in [3.63, 3.8) is 0 Å². The van der Waals surface area contributed by atoms with E-state index in [0.717, 1.165) is 42.4 Å². The van der Waals surface area contributed by atoms with Crippen molar-refractivity contribution in [2.75, 3.05) is 19.8 Å². The van der Waals surface area contributed by atoms with Crippen LogP contribution in [0.5, 0.6) is 0 Å². The average Bonchev–Trinajstić information content (AvgIpc) is 3.86. The predicted octanol–water partition coefficient (Wildman–Crippen LogP) is 10.00. The summed E-state index contributed by atoms with van der Waals surface area (Å²) in [5.74, 6) is 4.28. The molecule has 0 aromatic heterocycles. The molecule has 5 nitrogen and oxygen atoms in total. The van der Waals surface area contributed by atoms with Crippen molar-refractivity contribution in [1.29, 1.82) is 0 Å². The Morgan fingerprint density at radius 2 is 1.28 bits per heavy atom. The van der Waals surface area contributed by atoms with E-state index in [4.69, 9.17) is 9.47 Å². The summed E-state index contributed by atoms with van der Waals surface area (Å²) in [6.45, 7) is 6.46. The second-order valence-corrected chi connectivity index (χ2v) is 16.5. The maximum Gasteiger partial charge on any atom is 0.310 e. The maximum atomic E-state index is 12.4. The lowest BCUT2D eigenvalue weighted by atomic mass is 9.67. The highest BCUT2D eigenvalue weighted by Gasteiger charge is 2.41. The number of benzene rings is 1. The maximum absolute atomic E-state index is 12.4. The third-order valence-corrected chi connectivity index (χ3v) is 12.9. The zero-order chi connectivity index (χ0) is 33.2. The molecular weight excluding hydrogens is 584 g/mol.